The molecule has 0 bridgehead atoms. The molecule has 0 saturated carbocycles. The van der Waals surface area contributed by atoms with Gasteiger partial charge >= 0.3 is 6.03 Å². The average molecular weight is 304 g/mol. The number of nitrogens with one attached hydrogen (secondary N) is 1. The fourth-order valence-electron chi connectivity index (χ4n) is 2.94. The second-order valence-electron chi connectivity index (χ2n) is 6.25. The van der Waals surface area contributed by atoms with Crippen LogP contribution in [0.25, 0.3) is 0 Å². The number of amides is 2. The number of benzene rings is 1. The van der Waals surface area contributed by atoms with E-state index in [1.165, 1.54) is 16.8 Å². The first-order valence-electron chi connectivity index (χ1n) is 7.97. The summed E-state index contributed by atoms with van der Waals surface area (Å²) in [5.74, 6) is 0. The van der Waals surface area contributed by atoms with E-state index in [4.69, 9.17) is 0 Å². The number of rotatable bonds is 4. The number of piperazine rings is 1. The van der Waals surface area contributed by atoms with Gasteiger partial charge in [0.2, 0.25) is 0 Å². The van der Waals surface area contributed by atoms with Gasteiger partial charge in [-0.3, -0.25) is 0 Å². The molecule has 1 aliphatic heterocycles. The molecular weight excluding hydrogens is 276 g/mol. The van der Waals surface area contributed by atoms with Crippen LogP contribution in [0.1, 0.15) is 11.1 Å². The highest BCUT2D eigenvalue weighted by Gasteiger charge is 2.22. The Morgan fingerprint density at radius 3 is 2.27 bits per heavy atom. The van der Waals surface area contributed by atoms with E-state index in [0.717, 1.165) is 32.7 Å². The van der Waals surface area contributed by atoms with Gasteiger partial charge in [0.1, 0.15) is 0 Å². The maximum atomic E-state index is 12.1. The summed E-state index contributed by atoms with van der Waals surface area (Å²) >= 11 is 0. The molecule has 0 unspecified atom stereocenters. The predicted octanol–water partition coefficient (Wildman–Crippen LogP) is 1.70. The molecule has 1 aliphatic rings. The van der Waals surface area contributed by atoms with E-state index in [-0.39, 0.29) is 6.03 Å². The van der Waals surface area contributed by atoms with Crippen molar-refractivity contribution >= 4 is 11.7 Å². The number of likely N-dealkylation sites (N-methyl/N-ethyl adjacent to an activating group) is 1. The topological polar surface area (TPSA) is 38.8 Å². The molecular formula is C17H28N4O. The van der Waals surface area contributed by atoms with Crippen molar-refractivity contribution in [1.29, 1.82) is 0 Å². The van der Waals surface area contributed by atoms with Crippen LogP contribution in [0, 0.1) is 13.8 Å². The van der Waals surface area contributed by atoms with Crippen molar-refractivity contribution < 1.29 is 4.79 Å². The van der Waals surface area contributed by atoms with Crippen LogP contribution in [-0.4, -0.2) is 69.2 Å². The van der Waals surface area contributed by atoms with E-state index in [1.807, 2.05) is 19.0 Å². The lowest BCUT2D eigenvalue weighted by atomic mass is 10.1. The van der Waals surface area contributed by atoms with Crippen LogP contribution in [0.15, 0.2) is 18.2 Å². The van der Waals surface area contributed by atoms with Crippen LogP contribution in [0.3, 0.4) is 0 Å². The van der Waals surface area contributed by atoms with Crippen LogP contribution >= 0.6 is 0 Å². The Hall–Kier alpha value is -1.75. The van der Waals surface area contributed by atoms with Crippen LogP contribution in [0.5, 0.6) is 0 Å². The highest BCUT2D eigenvalue weighted by atomic mass is 16.2. The zero-order chi connectivity index (χ0) is 16.1. The molecule has 1 N–H and O–H groups in total. The van der Waals surface area contributed by atoms with E-state index in [1.54, 1.807) is 0 Å². The number of aryl methyl sites for hydroxylation is 2. The van der Waals surface area contributed by atoms with Gasteiger partial charge in [0.05, 0.1) is 0 Å². The van der Waals surface area contributed by atoms with E-state index in [2.05, 4.69) is 47.2 Å². The molecule has 0 aliphatic carbocycles. The fraction of sp³-hybridized carbons (Fsp3) is 0.588. The Morgan fingerprint density at radius 2 is 1.73 bits per heavy atom. The highest BCUT2D eigenvalue weighted by molar-refractivity contribution is 5.74. The van der Waals surface area contributed by atoms with E-state index >= 15 is 0 Å². The summed E-state index contributed by atoms with van der Waals surface area (Å²) in [6.45, 7) is 9.23. The van der Waals surface area contributed by atoms with Gasteiger partial charge in [0, 0.05) is 45.0 Å². The largest absolute Gasteiger partial charge is 0.368 e. The predicted molar refractivity (Wildman–Crippen MR) is 91.7 cm³/mol. The number of hydrogen-bond donors (Lipinski definition) is 1. The Morgan fingerprint density at radius 1 is 1.14 bits per heavy atom. The third-order valence-electron chi connectivity index (χ3n) is 4.16. The first-order chi connectivity index (χ1) is 10.5. The van der Waals surface area contributed by atoms with Gasteiger partial charge < -0.3 is 20.0 Å². The van der Waals surface area contributed by atoms with Gasteiger partial charge in [-0.05, 0) is 39.1 Å². The Bertz CT molecular complexity index is 487. The number of hydrogen-bond acceptors (Lipinski definition) is 3. The number of urea groups is 1. The SMILES string of the molecule is Cc1cccc(C)c1N1CCN(C(=O)NCCN(C)C)CC1. The molecule has 2 rings (SSSR count). The third kappa shape index (κ3) is 4.13. The Labute approximate surface area is 133 Å². The van der Waals surface area contributed by atoms with Crippen molar-refractivity contribution in [3.8, 4) is 0 Å². The van der Waals surface area contributed by atoms with Gasteiger partial charge in [0.25, 0.3) is 0 Å². The number of carbonyl (C=O) groups excluding carboxylic acids is 1. The van der Waals surface area contributed by atoms with Crippen molar-refractivity contribution in [2.75, 3.05) is 58.3 Å². The van der Waals surface area contributed by atoms with Gasteiger partial charge in [-0.2, -0.15) is 0 Å². The van der Waals surface area contributed by atoms with E-state index in [9.17, 15) is 4.79 Å². The minimum atomic E-state index is 0.0583. The quantitative estimate of drug-likeness (QED) is 0.920. The van der Waals surface area contributed by atoms with Gasteiger partial charge in [-0.25, -0.2) is 4.79 Å². The van der Waals surface area contributed by atoms with Crippen molar-refractivity contribution in [2.45, 2.75) is 13.8 Å². The summed E-state index contributed by atoms with van der Waals surface area (Å²) in [5, 5.41) is 2.99. The van der Waals surface area contributed by atoms with Gasteiger partial charge in [-0.15, -0.1) is 0 Å². The van der Waals surface area contributed by atoms with Crippen molar-refractivity contribution in [1.82, 2.24) is 15.1 Å². The molecule has 1 saturated heterocycles. The lowest BCUT2D eigenvalue weighted by molar-refractivity contribution is 0.193. The second-order valence-corrected chi connectivity index (χ2v) is 6.25. The summed E-state index contributed by atoms with van der Waals surface area (Å²) in [4.78, 5) is 18.5. The monoisotopic (exact) mass is 304 g/mol. The summed E-state index contributed by atoms with van der Waals surface area (Å²) in [7, 11) is 4.02. The summed E-state index contributed by atoms with van der Waals surface area (Å²) in [6, 6.07) is 6.47. The normalized spacial score (nSPS) is 15.3. The maximum Gasteiger partial charge on any atom is 0.317 e. The Balaban J connectivity index is 1.86. The lowest BCUT2D eigenvalue weighted by Gasteiger charge is -2.37. The average Bonchev–Trinajstić information content (AvgIpc) is 2.47. The second kappa shape index (κ2) is 7.49. The number of anilines is 1. The minimum Gasteiger partial charge on any atom is -0.368 e. The molecule has 5 heteroatoms. The zero-order valence-electron chi connectivity index (χ0n) is 14.2. The first-order valence-corrected chi connectivity index (χ1v) is 7.97. The molecule has 22 heavy (non-hydrogen) atoms. The Kier molecular flexibility index (Phi) is 5.66. The number of nitrogens with zero attached hydrogens (tertiary/aromatic N) is 3. The fourth-order valence-corrected chi connectivity index (χ4v) is 2.94. The summed E-state index contributed by atoms with van der Waals surface area (Å²) < 4.78 is 0. The molecule has 0 atom stereocenters. The van der Waals surface area contributed by atoms with E-state index in [0.29, 0.717) is 6.54 Å². The molecule has 1 aromatic rings. The first kappa shape index (κ1) is 16.6. The third-order valence-corrected chi connectivity index (χ3v) is 4.16. The number of carbonyl (C=O) groups is 1. The van der Waals surface area contributed by atoms with E-state index < -0.39 is 0 Å². The van der Waals surface area contributed by atoms with Crippen LogP contribution in [-0.2, 0) is 0 Å². The zero-order valence-corrected chi connectivity index (χ0v) is 14.2. The molecule has 1 aromatic carbocycles. The minimum absolute atomic E-state index is 0.0583. The lowest BCUT2D eigenvalue weighted by Crippen LogP contribution is -2.52. The molecule has 2 amide bonds. The van der Waals surface area contributed by atoms with Gasteiger partial charge in [0.15, 0.2) is 0 Å². The van der Waals surface area contributed by atoms with Crippen molar-refractivity contribution in [2.24, 2.45) is 0 Å². The van der Waals surface area contributed by atoms with Crippen LogP contribution in [0.2, 0.25) is 0 Å². The summed E-state index contributed by atoms with van der Waals surface area (Å²) in [6.07, 6.45) is 0. The molecule has 5 nitrogen and oxygen atoms in total. The number of para-hydroxylation sites is 1. The smallest absolute Gasteiger partial charge is 0.317 e. The maximum absolute atomic E-state index is 12.1. The molecule has 122 valence electrons. The molecule has 1 fully saturated rings. The molecule has 0 aromatic heterocycles. The molecule has 0 spiro atoms. The van der Waals surface area contributed by atoms with Crippen molar-refractivity contribution in [3.63, 3.8) is 0 Å². The van der Waals surface area contributed by atoms with Gasteiger partial charge in [-0.1, -0.05) is 18.2 Å². The standard InChI is InChI=1S/C17H28N4O/c1-14-6-5-7-15(2)16(14)20-10-12-21(13-11-20)17(22)18-8-9-19(3)4/h5-7H,8-13H2,1-4H3,(H,18,22). The van der Waals surface area contributed by atoms with Crippen LogP contribution < -0.4 is 10.2 Å². The molecule has 1 heterocycles. The summed E-state index contributed by atoms with van der Waals surface area (Å²) in [5.41, 5.74) is 3.95. The van der Waals surface area contributed by atoms with Crippen LogP contribution in [0.4, 0.5) is 10.5 Å². The highest BCUT2D eigenvalue weighted by Crippen LogP contribution is 2.25. The molecule has 0 radical (unpaired) electrons. The van der Waals surface area contributed by atoms with Crippen molar-refractivity contribution in [3.05, 3.63) is 29.3 Å².